The number of aliphatic hydroxyl groups is 1. The Hall–Kier alpha value is -1.03. The lowest BCUT2D eigenvalue weighted by atomic mass is 9.69. The number of rotatable bonds is 2. The lowest BCUT2D eigenvalue weighted by molar-refractivity contribution is -0.137. The van der Waals surface area contributed by atoms with E-state index in [-0.39, 0.29) is 5.41 Å². The second-order valence-corrected chi connectivity index (χ2v) is 6.76. The van der Waals surface area contributed by atoms with Gasteiger partial charge in [-0.15, -0.1) is 0 Å². The first kappa shape index (κ1) is 15.4. The van der Waals surface area contributed by atoms with Crippen LogP contribution in [0.2, 0.25) is 0 Å². The largest absolute Gasteiger partial charge is 0.416 e. The minimum absolute atomic E-state index is 0.222. The Kier molecular flexibility index (Phi) is 3.89. The van der Waals surface area contributed by atoms with Crippen LogP contribution in [0.15, 0.2) is 24.3 Å². The monoisotopic (exact) mass is 286 g/mol. The fraction of sp³-hybridized carbons (Fsp3) is 0.625. The van der Waals surface area contributed by atoms with Gasteiger partial charge in [0.1, 0.15) is 0 Å². The number of hydrogen-bond acceptors (Lipinski definition) is 1. The van der Waals surface area contributed by atoms with Crippen molar-refractivity contribution in [3.8, 4) is 0 Å². The van der Waals surface area contributed by atoms with Crippen LogP contribution in [0.1, 0.15) is 50.7 Å². The molecule has 1 aliphatic rings. The highest BCUT2D eigenvalue weighted by Crippen LogP contribution is 2.41. The van der Waals surface area contributed by atoms with Gasteiger partial charge in [0.2, 0.25) is 0 Å². The Labute approximate surface area is 117 Å². The summed E-state index contributed by atoms with van der Waals surface area (Å²) in [6.45, 7) is 4.33. The second kappa shape index (κ2) is 5.06. The predicted molar refractivity (Wildman–Crippen MR) is 72.3 cm³/mol. The summed E-state index contributed by atoms with van der Waals surface area (Å²) in [6, 6.07) is 5.29. The first-order valence-corrected chi connectivity index (χ1v) is 6.98. The average Bonchev–Trinajstić information content (AvgIpc) is 2.33. The third-order valence-electron chi connectivity index (χ3n) is 4.32. The normalized spacial score (nSPS) is 21.7. The van der Waals surface area contributed by atoms with Crippen LogP contribution in [-0.2, 0) is 12.6 Å². The van der Waals surface area contributed by atoms with Gasteiger partial charge in [0, 0.05) is 6.42 Å². The average molecular weight is 286 g/mol. The molecule has 0 bridgehead atoms. The Morgan fingerprint density at radius 2 is 1.70 bits per heavy atom. The summed E-state index contributed by atoms with van der Waals surface area (Å²) < 4.78 is 38.0. The van der Waals surface area contributed by atoms with Gasteiger partial charge in [-0.25, -0.2) is 0 Å². The molecule has 1 fully saturated rings. The van der Waals surface area contributed by atoms with Gasteiger partial charge < -0.3 is 5.11 Å². The summed E-state index contributed by atoms with van der Waals surface area (Å²) >= 11 is 0. The van der Waals surface area contributed by atoms with Gasteiger partial charge in [-0.3, -0.25) is 0 Å². The van der Waals surface area contributed by atoms with Crippen LogP contribution >= 0.6 is 0 Å². The molecule has 0 atom stereocenters. The molecule has 20 heavy (non-hydrogen) atoms. The third kappa shape index (κ3) is 3.75. The van der Waals surface area contributed by atoms with Gasteiger partial charge in [0.25, 0.3) is 0 Å². The third-order valence-corrected chi connectivity index (χ3v) is 4.32. The highest BCUT2D eigenvalue weighted by molar-refractivity contribution is 5.27. The molecule has 0 aromatic heterocycles. The lowest BCUT2D eigenvalue weighted by Crippen LogP contribution is -2.38. The standard InChI is InChI=1S/C16H21F3O/c1-14(2)6-8-15(20,9-7-14)11-12-4-3-5-13(10-12)16(17,18)19/h3-5,10,20H,6-9,11H2,1-2H3. The van der Waals surface area contributed by atoms with E-state index in [1.165, 1.54) is 6.07 Å². The Bertz CT molecular complexity index is 467. The Morgan fingerprint density at radius 3 is 2.25 bits per heavy atom. The number of halogens is 3. The van der Waals surface area contributed by atoms with Crippen LogP contribution < -0.4 is 0 Å². The van der Waals surface area contributed by atoms with Crippen molar-refractivity contribution >= 4 is 0 Å². The van der Waals surface area contributed by atoms with Gasteiger partial charge in [0.05, 0.1) is 11.2 Å². The van der Waals surface area contributed by atoms with E-state index in [4.69, 9.17) is 0 Å². The minimum Gasteiger partial charge on any atom is -0.390 e. The molecule has 112 valence electrons. The molecular formula is C16H21F3O. The van der Waals surface area contributed by atoms with Crippen molar-refractivity contribution in [1.82, 2.24) is 0 Å². The van der Waals surface area contributed by atoms with Crippen molar-refractivity contribution in [3.05, 3.63) is 35.4 Å². The van der Waals surface area contributed by atoms with E-state index in [0.717, 1.165) is 25.0 Å². The molecule has 1 aromatic rings. The maximum absolute atomic E-state index is 12.7. The Balaban J connectivity index is 2.11. The summed E-state index contributed by atoms with van der Waals surface area (Å²) in [4.78, 5) is 0. The van der Waals surface area contributed by atoms with Crippen molar-refractivity contribution in [3.63, 3.8) is 0 Å². The maximum atomic E-state index is 12.7. The molecule has 1 nitrogen and oxygen atoms in total. The molecule has 2 rings (SSSR count). The molecule has 0 amide bonds. The van der Waals surface area contributed by atoms with Gasteiger partial charge >= 0.3 is 6.18 Å². The van der Waals surface area contributed by atoms with E-state index in [0.29, 0.717) is 24.8 Å². The summed E-state index contributed by atoms with van der Waals surface area (Å²) in [5, 5.41) is 10.6. The summed E-state index contributed by atoms with van der Waals surface area (Å²) in [5.41, 5.74) is -0.725. The van der Waals surface area contributed by atoms with Crippen LogP contribution in [0.25, 0.3) is 0 Å². The SMILES string of the molecule is CC1(C)CCC(O)(Cc2cccc(C(F)(F)F)c2)CC1. The maximum Gasteiger partial charge on any atom is 0.416 e. The predicted octanol–water partition coefficient (Wildman–Crippen LogP) is 4.58. The van der Waals surface area contributed by atoms with Gasteiger partial charge in [-0.1, -0.05) is 32.0 Å². The first-order chi connectivity index (χ1) is 9.10. The van der Waals surface area contributed by atoms with E-state index in [2.05, 4.69) is 13.8 Å². The lowest BCUT2D eigenvalue weighted by Gasteiger charge is -2.40. The quantitative estimate of drug-likeness (QED) is 0.843. The molecule has 1 saturated carbocycles. The van der Waals surface area contributed by atoms with E-state index in [1.54, 1.807) is 6.07 Å². The van der Waals surface area contributed by atoms with Gasteiger partial charge in [-0.05, 0) is 42.7 Å². The molecule has 0 heterocycles. The highest BCUT2D eigenvalue weighted by Gasteiger charge is 2.37. The summed E-state index contributed by atoms with van der Waals surface area (Å²) in [6.07, 6.45) is -0.919. The molecular weight excluding hydrogens is 265 g/mol. The topological polar surface area (TPSA) is 20.2 Å². The molecule has 0 radical (unpaired) electrons. The van der Waals surface area contributed by atoms with Crippen LogP contribution in [0, 0.1) is 5.41 Å². The zero-order valence-electron chi connectivity index (χ0n) is 11.9. The van der Waals surface area contributed by atoms with Gasteiger partial charge in [-0.2, -0.15) is 13.2 Å². The van der Waals surface area contributed by atoms with E-state index >= 15 is 0 Å². The van der Waals surface area contributed by atoms with Crippen molar-refractivity contribution in [2.24, 2.45) is 5.41 Å². The zero-order chi connectivity index (χ0) is 15.0. The number of benzene rings is 1. The molecule has 1 N–H and O–H groups in total. The van der Waals surface area contributed by atoms with Crippen molar-refractivity contribution in [2.75, 3.05) is 0 Å². The molecule has 0 saturated heterocycles. The smallest absolute Gasteiger partial charge is 0.390 e. The molecule has 1 aliphatic carbocycles. The van der Waals surface area contributed by atoms with Crippen molar-refractivity contribution in [1.29, 1.82) is 0 Å². The van der Waals surface area contributed by atoms with Crippen molar-refractivity contribution in [2.45, 2.75) is 57.7 Å². The highest BCUT2D eigenvalue weighted by atomic mass is 19.4. The van der Waals surface area contributed by atoms with E-state index in [9.17, 15) is 18.3 Å². The fourth-order valence-electron chi connectivity index (χ4n) is 2.81. The van der Waals surface area contributed by atoms with E-state index in [1.807, 2.05) is 0 Å². The fourth-order valence-corrected chi connectivity index (χ4v) is 2.81. The summed E-state index contributed by atoms with van der Waals surface area (Å²) in [7, 11) is 0. The molecule has 0 unspecified atom stereocenters. The molecule has 0 spiro atoms. The second-order valence-electron chi connectivity index (χ2n) is 6.76. The zero-order valence-corrected chi connectivity index (χ0v) is 11.9. The Morgan fingerprint density at radius 1 is 1.10 bits per heavy atom. The van der Waals surface area contributed by atoms with E-state index < -0.39 is 17.3 Å². The molecule has 4 heteroatoms. The van der Waals surface area contributed by atoms with Crippen LogP contribution in [0.3, 0.4) is 0 Å². The van der Waals surface area contributed by atoms with Crippen LogP contribution in [0.4, 0.5) is 13.2 Å². The molecule has 0 aliphatic heterocycles. The van der Waals surface area contributed by atoms with Crippen LogP contribution in [0.5, 0.6) is 0 Å². The molecule has 1 aromatic carbocycles. The minimum atomic E-state index is -4.33. The van der Waals surface area contributed by atoms with Crippen molar-refractivity contribution < 1.29 is 18.3 Å². The number of hydrogen-bond donors (Lipinski definition) is 1. The summed E-state index contributed by atoms with van der Waals surface area (Å²) in [5.74, 6) is 0. The number of alkyl halides is 3. The van der Waals surface area contributed by atoms with Gasteiger partial charge in [0.15, 0.2) is 0 Å². The first-order valence-electron chi connectivity index (χ1n) is 6.98. The van der Waals surface area contributed by atoms with Crippen LogP contribution in [-0.4, -0.2) is 10.7 Å².